The van der Waals surface area contributed by atoms with Crippen LogP contribution in [0.25, 0.3) is 0 Å². The fourth-order valence-electron chi connectivity index (χ4n) is 2.45. The van der Waals surface area contributed by atoms with Crippen molar-refractivity contribution in [3.63, 3.8) is 0 Å². The second kappa shape index (κ2) is 7.09. The Bertz CT molecular complexity index is 809. The number of hydrogen-bond donors (Lipinski definition) is 0. The first-order valence-corrected chi connectivity index (χ1v) is 7.75. The maximum Gasteiger partial charge on any atom is 0.193 e. The van der Waals surface area contributed by atoms with Gasteiger partial charge in [-0.25, -0.2) is 4.39 Å². The Kier molecular flexibility index (Phi) is 4.71. The molecule has 3 aromatic carbocycles. The van der Waals surface area contributed by atoms with Gasteiger partial charge in [-0.3, -0.25) is 4.79 Å². The molecule has 0 aliphatic carbocycles. The van der Waals surface area contributed by atoms with Crippen molar-refractivity contribution >= 4 is 5.78 Å². The van der Waals surface area contributed by atoms with Crippen molar-refractivity contribution in [1.29, 1.82) is 0 Å². The summed E-state index contributed by atoms with van der Waals surface area (Å²) in [5.41, 5.74) is 2.16. The van der Waals surface area contributed by atoms with Crippen molar-refractivity contribution in [3.8, 4) is 5.75 Å². The zero-order valence-electron chi connectivity index (χ0n) is 13.3. The first-order valence-electron chi connectivity index (χ1n) is 7.75. The summed E-state index contributed by atoms with van der Waals surface area (Å²) in [6, 6.07) is 22.4. The van der Waals surface area contributed by atoms with Crippen molar-refractivity contribution in [2.45, 2.75) is 13.0 Å². The van der Waals surface area contributed by atoms with Gasteiger partial charge in [-0.15, -0.1) is 0 Å². The Labute approximate surface area is 140 Å². The number of benzene rings is 3. The molecule has 0 saturated heterocycles. The van der Waals surface area contributed by atoms with Gasteiger partial charge in [-0.05, 0) is 48.9 Å². The molecule has 0 aliphatic heterocycles. The molecule has 0 heterocycles. The number of carbonyl (C=O) groups is 1. The van der Waals surface area contributed by atoms with E-state index in [0.29, 0.717) is 16.9 Å². The van der Waals surface area contributed by atoms with Crippen molar-refractivity contribution < 1.29 is 13.9 Å². The molecule has 0 unspecified atom stereocenters. The molecule has 120 valence electrons. The van der Waals surface area contributed by atoms with Gasteiger partial charge in [0.05, 0.1) is 0 Å². The number of halogens is 1. The van der Waals surface area contributed by atoms with E-state index in [-0.39, 0.29) is 17.7 Å². The zero-order chi connectivity index (χ0) is 16.9. The fourth-order valence-corrected chi connectivity index (χ4v) is 2.45. The van der Waals surface area contributed by atoms with E-state index >= 15 is 0 Å². The van der Waals surface area contributed by atoms with E-state index in [2.05, 4.69) is 0 Å². The minimum absolute atomic E-state index is 0.0197. The number of rotatable bonds is 5. The molecule has 2 nitrogen and oxygen atoms in total. The topological polar surface area (TPSA) is 26.3 Å². The Balaban J connectivity index is 1.70. The van der Waals surface area contributed by atoms with E-state index in [9.17, 15) is 9.18 Å². The third kappa shape index (κ3) is 3.69. The molecule has 0 amide bonds. The Morgan fingerprint density at radius 3 is 2.04 bits per heavy atom. The highest BCUT2D eigenvalue weighted by atomic mass is 19.1. The highest BCUT2D eigenvalue weighted by Crippen LogP contribution is 2.23. The molecule has 3 rings (SSSR count). The van der Waals surface area contributed by atoms with E-state index in [1.807, 2.05) is 25.1 Å². The first kappa shape index (κ1) is 15.9. The molecule has 0 radical (unpaired) electrons. The lowest BCUT2D eigenvalue weighted by Gasteiger charge is -2.15. The molecule has 0 bridgehead atoms. The average Bonchev–Trinajstić information content (AvgIpc) is 2.63. The van der Waals surface area contributed by atoms with Gasteiger partial charge < -0.3 is 4.74 Å². The molecule has 0 spiro atoms. The standard InChI is InChI=1S/C21H17FO2/c1-15(16-7-11-19(22)12-8-16)24-20-13-9-18(10-14-20)21(23)17-5-3-2-4-6-17/h2-15H,1H3/t15-/m1/s1. The summed E-state index contributed by atoms with van der Waals surface area (Å²) in [4.78, 5) is 12.4. The Morgan fingerprint density at radius 1 is 0.833 bits per heavy atom. The quantitative estimate of drug-likeness (QED) is 0.604. The van der Waals surface area contributed by atoms with Crippen LogP contribution in [0, 0.1) is 5.82 Å². The summed E-state index contributed by atoms with van der Waals surface area (Å²) in [5, 5.41) is 0. The van der Waals surface area contributed by atoms with Crippen LogP contribution in [-0.2, 0) is 0 Å². The van der Waals surface area contributed by atoms with Crippen LogP contribution in [0.15, 0.2) is 78.9 Å². The van der Waals surface area contributed by atoms with Gasteiger partial charge >= 0.3 is 0 Å². The molecule has 0 N–H and O–H groups in total. The van der Waals surface area contributed by atoms with Gasteiger partial charge in [0.1, 0.15) is 17.7 Å². The van der Waals surface area contributed by atoms with Gasteiger partial charge in [0.15, 0.2) is 5.78 Å². The van der Waals surface area contributed by atoms with Crippen LogP contribution >= 0.6 is 0 Å². The van der Waals surface area contributed by atoms with Gasteiger partial charge in [0.25, 0.3) is 0 Å². The summed E-state index contributed by atoms with van der Waals surface area (Å²) in [5.74, 6) is 0.375. The third-order valence-electron chi connectivity index (χ3n) is 3.80. The summed E-state index contributed by atoms with van der Waals surface area (Å²) < 4.78 is 18.8. The Hall–Kier alpha value is -2.94. The molecule has 0 aliphatic rings. The van der Waals surface area contributed by atoms with Crippen LogP contribution in [-0.4, -0.2) is 5.78 Å². The molecule has 0 aromatic heterocycles. The number of hydrogen-bond acceptors (Lipinski definition) is 2. The molecular weight excluding hydrogens is 303 g/mol. The predicted molar refractivity (Wildman–Crippen MR) is 91.8 cm³/mol. The minimum Gasteiger partial charge on any atom is -0.486 e. The van der Waals surface area contributed by atoms with Crippen LogP contribution in [0.3, 0.4) is 0 Å². The summed E-state index contributed by atoms with van der Waals surface area (Å²) >= 11 is 0. The molecule has 0 fully saturated rings. The maximum atomic E-state index is 13.0. The molecular formula is C21H17FO2. The van der Waals surface area contributed by atoms with Crippen LogP contribution in [0.4, 0.5) is 4.39 Å². The highest BCUT2D eigenvalue weighted by Gasteiger charge is 2.10. The molecule has 24 heavy (non-hydrogen) atoms. The lowest BCUT2D eigenvalue weighted by atomic mass is 10.0. The van der Waals surface area contributed by atoms with Gasteiger partial charge in [0, 0.05) is 11.1 Å². The smallest absolute Gasteiger partial charge is 0.193 e. The second-order valence-corrected chi connectivity index (χ2v) is 5.53. The summed E-state index contributed by atoms with van der Waals surface area (Å²) in [6.45, 7) is 1.90. The van der Waals surface area contributed by atoms with E-state index in [1.165, 1.54) is 12.1 Å². The fraction of sp³-hybridized carbons (Fsp3) is 0.0952. The highest BCUT2D eigenvalue weighted by molar-refractivity contribution is 6.08. The van der Waals surface area contributed by atoms with Gasteiger partial charge in [0.2, 0.25) is 0 Å². The maximum absolute atomic E-state index is 13.0. The SMILES string of the molecule is C[C@@H](Oc1ccc(C(=O)c2ccccc2)cc1)c1ccc(F)cc1. The molecule has 3 aromatic rings. The summed E-state index contributed by atoms with van der Waals surface area (Å²) in [7, 11) is 0. The van der Waals surface area contributed by atoms with Gasteiger partial charge in [-0.1, -0.05) is 42.5 Å². The Morgan fingerprint density at radius 2 is 1.42 bits per heavy atom. The lowest BCUT2D eigenvalue weighted by Crippen LogP contribution is -2.04. The van der Waals surface area contributed by atoms with E-state index in [1.54, 1.807) is 48.5 Å². The normalized spacial score (nSPS) is 11.8. The van der Waals surface area contributed by atoms with Crippen molar-refractivity contribution in [2.75, 3.05) is 0 Å². The van der Waals surface area contributed by atoms with Crippen LogP contribution in [0.1, 0.15) is 34.5 Å². The zero-order valence-corrected chi connectivity index (χ0v) is 13.3. The number of ketones is 1. The molecule has 3 heteroatoms. The van der Waals surface area contributed by atoms with Crippen LogP contribution < -0.4 is 4.74 Å². The van der Waals surface area contributed by atoms with Crippen molar-refractivity contribution in [2.24, 2.45) is 0 Å². The lowest BCUT2D eigenvalue weighted by molar-refractivity contribution is 0.103. The monoisotopic (exact) mass is 320 g/mol. The predicted octanol–water partition coefficient (Wildman–Crippen LogP) is 5.20. The van der Waals surface area contributed by atoms with E-state index in [0.717, 1.165) is 5.56 Å². The van der Waals surface area contributed by atoms with E-state index in [4.69, 9.17) is 4.74 Å². The third-order valence-corrected chi connectivity index (χ3v) is 3.80. The van der Waals surface area contributed by atoms with Gasteiger partial charge in [-0.2, -0.15) is 0 Å². The second-order valence-electron chi connectivity index (χ2n) is 5.53. The largest absolute Gasteiger partial charge is 0.486 e. The molecule has 1 atom stereocenters. The van der Waals surface area contributed by atoms with Crippen LogP contribution in [0.5, 0.6) is 5.75 Å². The average molecular weight is 320 g/mol. The first-order chi connectivity index (χ1) is 11.6. The van der Waals surface area contributed by atoms with Crippen molar-refractivity contribution in [3.05, 3.63) is 101 Å². The minimum atomic E-state index is -0.269. The van der Waals surface area contributed by atoms with E-state index < -0.39 is 0 Å². The summed E-state index contributed by atoms with van der Waals surface area (Å²) in [6.07, 6.45) is -0.207. The number of ether oxygens (including phenoxy) is 1. The van der Waals surface area contributed by atoms with Crippen LogP contribution in [0.2, 0.25) is 0 Å². The number of carbonyl (C=O) groups excluding carboxylic acids is 1. The molecule has 0 saturated carbocycles. The van der Waals surface area contributed by atoms with Crippen molar-refractivity contribution in [1.82, 2.24) is 0 Å².